The van der Waals surface area contributed by atoms with Gasteiger partial charge in [0.05, 0.1) is 17.7 Å². The molecule has 11 heteroatoms. The van der Waals surface area contributed by atoms with Crippen molar-refractivity contribution in [2.24, 2.45) is 5.92 Å². The maximum Gasteiger partial charge on any atom is 0.430 e. The number of anilines is 1. The molecule has 1 saturated carbocycles. The number of nitrogens with one attached hydrogen (secondary N) is 1. The van der Waals surface area contributed by atoms with Crippen molar-refractivity contribution < 1.29 is 32.6 Å². The summed E-state index contributed by atoms with van der Waals surface area (Å²) < 4.78 is 47.0. The van der Waals surface area contributed by atoms with E-state index in [0.29, 0.717) is 22.9 Å². The summed E-state index contributed by atoms with van der Waals surface area (Å²) in [7, 11) is 2.58. The van der Waals surface area contributed by atoms with Crippen LogP contribution in [0.5, 0.6) is 5.75 Å². The van der Waals surface area contributed by atoms with Crippen molar-refractivity contribution in [2.45, 2.75) is 56.3 Å². The molecule has 4 rings (SSSR count). The van der Waals surface area contributed by atoms with E-state index >= 15 is 0 Å². The largest absolute Gasteiger partial charge is 0.497 e. The Morgan fingerprint density at radius 2 is 1.82 bits per heavy atom. The normalized spacial score (nSPS) is 17.7. The average Bonchev–Trinajstić information content (AvgIpc) is 3.75. The van der Waals surface area contributed by atoms with Gasteiger partial charge in [-0.05, 0) is 74.8 Å². The number of amides is 2. The summed E-state index contributed by atoms with van der Waals surface area (Å²) in [5.41, 5.74) is -2.84. The van der Waals surface area contributed by atoms with E-state index in [0.717, 1.165) is 67.9 Å². The number of alkyl halides is 3. The van der Waals surface area contributed by atoms with Gasteiger partial charge in [0, 0.05) is 44.0 Å². The highest BCUT2D eigenvalue weighted by Crippen LogP contribution is 2.41. The lowest BCUT2D eigenvalue weighted by Gasteiger charge is -2.35. The van der Waals surface area contributed by atoms with Crippen LogP contribution in [0, 0.1) is 5.92 Å². The molecular formula is C29H35ClF3N3O4. The van der Waals surface area contributed by atoms with Crippen LogP contribution >= 0.6 is 11.6 Å². The molecule has 1 saturated heterocycles. The topological polar surface area (TPSA) is 82.1 Å². The van der Waals surface area contributed by atoms with Gasteiger partial charge in [0.1, 0.15) is 5.75 Å². The molecule has 0 aromatic heterocycles. The third-order valence-electron chi connectivity index (χ3n) is 7.75. The molecule has 2 amide bonds. The van der Waals surface area contributed by atoms with Crippen molar-refractivity contribution in [3.63, 3.8) is 0 Å². The van der Waals surface area contributed by atoms with E-state index in [1.54, 1.807) is 6.07 Å². The molecule has 2 aliphatic rings. The lowest BCUT2D eigenvalue weighted by atomic mass is 9.90. The molecule has 0 spiro atoms. The monoisotopic (exact) mass is 581 g/mol. The Morgan fingerprint density at radius 3 is 2.42 bits per heavy atom. The predicted octanol–water partition coefficient (Wildman–Crippen LogP) is 5.15. The fourth-order valence-electron chi connectivity index (χ4n) is 5.11. The molecule has 1 atom stereocenters. The molecule has 2 aromatic carbocycles. The van der Waals surface area contributed by atoms with Crippen molar-refractivity contribution in [3.05, 3.63) is 58.6 Å². The zero-order valence-corrected chi connectivity index (χ0v) is 23.4. The Morgan fingerprint density at radius 1 is 1.12 bits per heavy atom. The van der Waals surface area contributed by atoms with Gasteiger partial charge >= 0.3 is 6.18 Å². The summed E-state index contributed by atoms with van der Waals surface area (Å²) in [6.45, 7) is 1.65. The van der Waals surface area contributed by atoms with Gasteiger partial charge in [0.2, 0.25) is 0 Å². The maximum atomic E-state index is 14.0. The van der Waals surface area contributed by atoms with Gasteiger partial charge in [-0.1, -0.05) is 23.7 Å². The number of likely N-dealkylation sites (N-methyl/N-ethyl adjacent to an activating group) is 1. The molecule has 1 unspecified atom stereocenters. The molecule has 2 N–H and O–H groups in total. The van der Waals surface area contributed by atoms with Crippen LogP contribution in [0.25, 0.3) is 0 Å². The van der Waals surface area contributed by atoms with Crippen molar-refractivity contribution >= 4 is 29.1 Å². The van der Waals surface area contributed by atoms with E-state index in [1.807, 2.05) is 12.1 Å². The lowest BCUT2D eigenvalue weighted by Crippen LogP contribution is -2.55. The third-order valence-corrected chi connectivity index (χ3v) is 8.06. The van der Waals surface area contributed by atoms with E-state index in [1.165, 1.54) is 26.3 Å². The van der Waals surface area contributed by atoms with E-state index in [-0.39, 0.29) is 24.2 Å². The number of piperidine rings is 1. The van der Waals surface area contributed by atoms with Crippen LogP contribution in [-0.2, 0) is 10.4 Å². The summed E-state index contributed by atoms with van der Waals surface area (Å²) >= 11 is 6.40. The average molecular weight is 582 g/mol. The zero-order chi connectivity index (χ0) is 29.1. The van der Waals surface area contributed by atoms with Gasteiger partial charge in [-0.2, -0.15) is 13.2 Å². The highest BCUT2D eigenvalue weighted by atomic mass is 35.5. The second-order valence-corrected chi connectivity index (χ2v) is 11.1. The van der Waals surface area contributed by atoms with Crippen LogP contribution < -0.4 is 15.0 Å². The summed E-state index contributed by atoms with van der Waals surface area (Å²) in [5, 5.41) is 14.0. The quantitative estimate of drug-likeness (QED) is 0.406. The third kappa shape index (κ3) is 6.66. The standard InChI is InChI=1S/C29H35ClF3N3O4/c1-35(27(38)28(39,29(31,32)33)20-6-3-7-23(17-20)40-2)14-4-5-19-12-15-36(16-13-19)22-10-11-24(25(30)18-22)26(37)34-21-8-9-21/h3,6-7,10-11,17-19,21,39H,4-5,8-9,12-16H2,1-2H3,(H,34,37). The van der Waals surface area contributed by atoms with Crippen LogP contribution in [-0.4, -0.2) is 67.8 Å². The fourth-order valence-corrected chi connectivity index (χ4v) is 5.37. The van der Waals surface area contributed by atoms with Gasteiger partial charge in [0.15, 0.2) is 0 Å². The zero-order valence-electron chi connectivity index (χ0n) is 22.6. The first-order valence-electron chi connectivity index (χ1n) is 13.5. The summed E-state index contributed by atoms with van der Waals surface area (Å²) in [6, 6.07) is 10.6. The minimum absolute atomic E-state index is 0.0847. The van der Waals surface area contributed by atoms with E-state index < -0.39 is 23.2 Å². The second-order valence-electron chi connectivity index (χ2n) is 10.7. The number of carbonyl (C=O) groups excluding carboxylic acids is 2. The highest BCUT2D eigenvalue weighted by molar-refractivity contribution is 6.34. The molecule has 218 valence electrons. The number of carbonyl (C=O) groups is 2. The first-order valence-corrected chi connectivity index (χ1v) is 13.9. The highest BCUT2D eigenvalue weighted by Gasteiger charge is 2.61. The molecule has 0 radical (unpaired) electrons. The Kier molecular flexibility index (Phi) is 9.19. The fraction of sp³-hybridized carbons (Fsp3) is 0.517. The second kappa shape index (κ2) is 12.3. The Labute approximate surface area is 237 Å². The van der Waals surface area contributed by atoms with Crippen LogP contribution in [0.4, 0.5) is 18.9 Å². The number of hydrogen-bond donors (Lipinski definition) is 2. The smallest absolute Gasteiger partial charge is 0.430 e. The number of halogens is 4. The van der Waals surface area contributed by atoms with E-state index in [4.69, 9.17) is 16.3 Å². The molecule has 2 aromatic rings. The Bertz CT molecular complexity index is 1220. The van der Waals surface area contributed by atoms with Crippen molar-refractivity contribution in [1.29, 1.82) is 0 Å². The maximum absolute atomic E-state index is 14.0. The molecular weight excluding hydrogens is 547 g/mol. The number of nitrogens with zero attached hydrogens (tertiary/aromatic N) is 2. The van der Waals surface area contributed by atoms with Gasteiger partial charge in [-0.15, -0.1) is 0 Å². The predicted molar refractivity (Wildman–Crippen MR) is 147 cm³/mol. The summed E-state index contributed by atoms with van der Waals surface area (Å²) in [5.74, 6) is -1.11. The Balaban J connectivity index is 1.28. The number of aliphatic hydroxyl groups is 1. The number of rotatable bonds is 10. The van der Waals surface area contributed by atoms with Crippen LogP contribution in [0.1, 0.15) is 54.4 Å². The van der Waals surface area contributed by atoms with Crippen LogP contribution in [0.2, 0.25) is 5.02 Å². The minimum Gasteiger partial charge on any atom is -0.497 e. The van der Waals surface area contributed by atoms with Gasteiger partial charge < -0.3 is 25.0 Å². The molecule has 1 aliphatic heterocycles. The molecule has 40 heavy (non-hydrogen) atoms. The van der Waals surface area contributed by atoms with Crippen LogP contribution in [0.15, 0.2) is 42.5 Å². The van der Waals surface area contributed by atoms with Crippen molar-refractivity contribution in [2.75, 3.05) is 38.7 Å². The molecule has 7 nitrogen and oxygen atoms in total. The first-order chi connectivity index (χ1) is 18.9. The van der Waals surface area contributed by atoms with Gasteiger partial charge in [-0.3, -0.25) is 9.59 Å². The number of benzene rings is 2. The molecule has 1 aliphatic carbocycles. The number of hydrogen-bond acceptors (Lipinski definition) is 5. The minimum atomic E-state index is -5.21. The molecule has 0 bridgehead atoms. The van der Waals surface area contributed by atoms with Gasteiger partial charge in [-0.25, -0.2) is 0 Å². The van der Waals surface area contributed by atoms with E-state index in [2.05, 4.69) is 10.2 Å². The number of methoxy groups -OCH3 is 1. The summed E-state index contributed by atoms with van der Waals surface area (Å²) in [6.07, 6.45) is -0.180. The Hall–Kier alpha value is -2.98. The van der Waals surface area contributed by atoms with Crippen molar-refractivity contribution in [1.82, 2.24) is 10.2 Å². The van der Waals surface area contributed by atoms with Crippen molar-refractivity contribution in [3.8, 4) is 5.75 Å². The van der Waals surface area contributed by atoms with Gasteiger partial charge in [0.25, 0.3) is 17.4 Å². The molecule has 2 fully saturated rings. The van der Waals surface area contributed by atoms with E-state index in [9.17, 15) is 27.9 Å². The number of ether oxygens (including phenoxy) is 1. The van der Waals surface area contributed by atoms with Crippen LogP contribution in [0.3, 0.4) is 0 Å². The SMILES string of the molecule is COc1cccc(C(O)(C(=O)N(C)CCCC2CCN(c3ccc(C(=O)NC4CC4)c(Cl)c3)CC2)C(F)(F)F)c1. The first kappa shape index (κ1) is 30.0. The summed E-state index contributed by atoms with van der Waals surface area (Å²) in [4.78, 5) is 28.4. The molecule has 1 heterocycles. The lowest BCUT2D eigenvalue weighted by molar-refractivity contribution is -0.261.